The summed E-state index contributed by atoms with van der Waals surface area (Å²) in [6.07, 6.45) is 0. The number of hydrogen-bond acceptors (Lipinski definition) is 4. The molecule has 0 aliphatic heterocycles. The van der Waals surface area contributed by atoms with Gasteiger partial charge in [-0.05, 0) is 30.3 Å². The summed E-state index contributed by atoms with van der Waals surface area (Å²) in [5, 5.41) is 0.543. The van der Waals surface area contributed by atoms with Crippen LogP contribution < -0.4 is 14.2 Å². The summed E-state index contributed by atoms with van der Waals surface area (Å²) in [6, 6.07) is 12.3. The molecule has 0 fully saturated rings. The van der Waals surface area contributed by atoms with Gasteiger partial charge in [-0.3, -0.25) is 4.79 Å². The molecule has 1 amide bonds. The molecule has 0 bridgehead atoms. The maximum absolute atomic E-state index is 12.6. The van der Waals surface area contributed by atoms with Crippen LogP contribution in [-0.4, -0.2) is 45.2 Å². The van der Waals surface area contributed by atoms with E-state index in [0.717, 1.165) is 0 Å². The summed E-state index contributed by atoms with van der Waals surface area (Å²) in [5.41, 5.74) is 0.442. The van der Waals surface area contributed by atoms with Crippen LogP contribution in [0.1, 0.15) is 10.4 Å². The Morgan fingerprint density at radius 1 is 1.08 bits per heavy atom. The first kappa shape index (κ1) is 17.9. The molecule has 2 aromatic carbocycles. The van der Waals surface area contributed by atoms with Crippen molar-refractivity contribution in [1.29, 1.82) is 0 Å². The predicted molar refractivity (Wildman–Crippen MR) is 93.5 cm³/mol. The lowest BCUT2D eigenvalue weighted by Gasteiger charge is -2.19. The molecule has 6 heteroatoms. The second-order valence-electron chi connectivity index (χ2n) is 5.07. The molecule has 24 heavy (non-hydrogen) atoms. The van der Waals surface area contributed by atoms with E-state index in [9.17, 15) is 4.79 Å². The average Bonchev–Trinajstić information content (AvgIpc) is 2.62. The van der Waals surface area contributed by atoms with Crippen molar-refractivity contribution in [2.75, 3.05) is 34.4 Å². The van der Waals surface area contributed by atoms with Gasteiger partial charge in [0.1, 0.15) is 23.9 Å². The summed E-state index contributed by atoms with van der Waals surface area (Å²) in [6.45, 7) is 0.739. The molecule has 0 heterocycles. The van der Waals surface area contributed by atoms with E-state index in [4.69, 9.17) is 25.8 Å². The molecule has 2 rings (SSSR count). The number of amides is 1. The Morgan fingerprint density at radius 3 is 2.50 bits per heavy atom. The van der Waals surface area contributed by atoms with Crippen molar-refractivity contribution in [1.82, 2.24) is 4.90 Å². The number of para-hydroxylation sites is 1. The van der Waals surface area contributed by atoms with Crippen molar-refractivity contribution in [3.63, 3.8) is 0 Å². The summed E-state index contributed by atoms with van der Waals surface area (Å²) in [5.74, 6) is 1.52. The molecule has 0 aliphatic rings. The highest BCUT2D eigenvalue weighted by Gasteiger charge is 2.17. The SMILES string of the molecule is COc1ccc(OC)c(C(=O)N(C)CCOc2ccccc2Cl)c1. The van der Waals surface area contributed by atoms with E-state index in [1.54, 1.807) is 49.4 Å². The molecule has 0 saturated carbocycles. The van der Waals surface area contributed by atoms with Crippen LogP contribution in [0.15, 0.2) is 42.5 Å². The van der Waals surface area contributed by atoms with Crippen LogP contribution in [0.25, 0.3) is 0 Å². The van der Waals surface area contributed by atoms with Gasteiger partial charge in [0.15, 0.2) is 0 Å². The number of rotatable bonds is 7. The first-order valence-electron chi connectivity index (χ1n) is 7.41. The lowest BCUT2D eigenvalue weighted by Crippen LogP contribution is -2.31. The van der Waals surface area contributed by atoms with E-state index in [-0.39, 0.29) is 5.91 Å². The van der Waals surface area contributed by atoms with Crippen molar-refractivity contribution in [3.8, 4) is 17.2 Å². The quantitative estimate of drug-likeness (QED) is 0.767. The number of halogens is 1. The number of carbonyl (C=O) groups is 1. The summed E-state index contributed by atoms with van der Waals surface area (Å²) in [7, 11) is 4.79. The van der Waals surface area contributed by atoms with Gasteiger partial charge in [0, 0.05) is 7.05 Å². The van der Waals surface area contributed by atoms with E-state index in [1.807, 2.05) is 12.1 Å². The Balaban J connectivity index is 2.00. The van der Waals surface area contributed by atoms with Crippen molar-refractivity contribution in [2.24, 2.45) is 0 Å². The Morgan fingerprint density at radius 2 is 1.83 bits per heavy atom. The first-order chi connectivity index (χ1) is 11.6. The number of hydrogen-bond donors (Lipinski definition) is 0. The molecular formula is C18H20ClNO4. The molecule has 0 aromatic heterocycles. The molecule has 5 nitrogen and oxygen atoms in total. The molecule has 0 aliphatic carbocycles. The molecular weight excluding hydrogens is 330 g/mol. The zero-order chi connectivity index (χ0) is 17.5. The van der Waals surface area contributed by atoms with Crippen molar-refractivity contribution in [3.05, 3.63) is 53.1 Å². The molecule has 0 atom stereocenters. The van der Waals surface area contributed by atoms with Gasteiger partial charge in [-0.2, -0.15) is 0 Å². The van der Waals surface area contributed by atoms with Gasteiger partial charge in [-0.15, -0.1) is 0 Å². The highest BCUT2D eigenvalue weighted by atomic mass is 35.5. The number of carbonyl (C=O) groups excluding carboxylic acids is 1. The van der Waals surface area contributed by atoms with Crippen LogP contribution in [0.3, 0.4) is 0 Å². The van der Waals surface area contributed by atoms with Gasteiger partial charge < -0.3 is 19.1 Å². The Bertz CT molecular complexity index is 705. The third kappa shape index (κ3) is 4.32. The first-order valence-corrected chi connectivity index (χ1v) is 7.79. The van der Waals surface area contributed by atoms with E-state index in [1.165, 1.54) is 7.11 Å². The second kappa shape index (κ2) is 8.45. The molecule has 128 valence electrons. The molecule has 0 N–H and O–H groups in total. The van der Waals surface area contributed by atoms with Crippen LogP contribution in [-0.2, 0) is 0 Å². The minimum atomic E-state index is -0.173. The fourth-order valence-corrected chi connectivity index (χ4v) is 2.33. The van der Waals surface area contributed by atoms with Crippen LogP contribution in [0.5, 0.6) is 17.2 Å². The van der Waals surface area contributed by atoms with Crippen molar-refractivity contribution in [2.45, 2.75) is 0 Å². The largest absolute Gasteiger partial charge is 0.497 e. The zero-order valence-electron chi connectivity index (χ0n) is 13.9. The van der Waals surface area contributed by atoms with Crippen LogP contribution >= 0.6 is 11.6 Å². The lowest BCUT2D eigenvalue weighted by atomic mass is 10.1. The molecule has 2 aromatic rings. The maximum Gasteiger partial charge on any atom is 0.257 e. The van der Waals surface area contributed by atoms with E-state index >= 15 is 0 Å². The van der Waals surface area contributed by atoms with Crippen LogP contribution in [0, 0.1) is 0 Å². The number of likely N-dealkylation sites (N-methyl/N-ethyl adjacent to an activating group) is 1. The predicted octanol–water partition coefficient (Wildman–Crippen LogP) is 3.51. The van der Waals surface area contributed by atoms with Crippen LogP contribution in [0.4, 0.5) is 0 Å². The zero-order valence-corrected chi connectivity index (χ0v) is 14.7. The van der Waals surface area contributed by atoms with Gasteiger partial charge in [-0.25, -0.2) is 0 Å². The van der Waals surface area contributed by atoms with Gasteiger partial charge in [0.2, 0.25) is 0 Å². The Hall–Kier alpha value is -2.40. The fraction of sp³-hybridized carbons (Fsp3) is 0.278. The van der Waals surface area contributed by atoms with Gasteiger partial charge in [0.05, 0.1) is 31.4 Å². The smallest absolute Gasteiger partial charge is 0.257 e. The summed E-state index contributed by atoms with van der Waals surface area (Å²) >= 11 is 6.03. The van der Waals surface area contributed by atoms with Gasteiger partial charge in [-0.1, -0.05) is 23.7 Å². The maximum atomic E-state index is 12.6. The number of ether oxygens (including phenoxy) is 3. The minimum Gasteiger partial charge on any atom is -0.497 e. The van der Waals surface area contributed by atoms with Gasteiger partial charge >= 0.3 is 0 Å². The summed E-state index contributed by atoms with van der Waals surface area (Å²) < 4.78 is 16.0. The van der Waals surface area contributed by atoms with Crippen LogP contribution in [0.2, 0.25) is 5.02 Å². The highest BCUT2D eigenvalue weighted by Crippen LogP contribution is 2.25. The summed E-state index contributed by atoms with van der Waals surface area (Å²) in [4.78, 5) is 14.2. The Kier molecular flexibility index (Phi) is 6.32. The molecule has 0 radical (unpaired) electrons. The molecule has 0 spiro atoms. The monoisotopic (exact) mass is 349 g/mol. The third-order valence-corrected chi connectivity index (χ3v) is 3.82. The van der Waals surface area contributed by atoms with E-state index < -0.39 is 0 Å². The van der Waals surface area contributed by atoms with Crippen molar-refractivity contribution < 1.29 is 19.0 Å². The van der Waals surface area contributed by atoms with E-state index in [2.05, 4.69) is 0 Å². The van der Waals surface area contributed by atoms with Crippen molar-refractivity contribution >= 4 is 17.5 Å². The number of methoxy groups -OCH3 is 2. The standard InChI is InChI=1S/C18H20ClNO4/c1-20(10-11-24-17-7-5-4-6-15(17)19)18(21)14-12-13(22-2)8-9-16(14)23-3/h4-9,12H,10-11H2,1-3H3. The topological polar surface area (TPSA) is 48.0 Å². The third-order valence-electron chi connectivity index (χ3n) is 3.50. The number of nitrogens with zero attached hydrogens (tertiary/aromatic N) is 1. The minimum absolute atomic E-state index is 0.173. The Labute approximate surface area is 146 Å². The lowest BCUT2D eigenvalue weighted by molar-refractivity contribution is 0.0770. The second-order valence-corrected chi connectivity index (χ2v) is 5.48. The van der Waals surface area contributed by atoms with E-state index in [0.29, 0.717) is 41.0 Å². The fourth-order valence-electron chi connectivity index (χ4n) is 2.14. The highest BCUT2D eigenvalue weighted by molar-refractivity contribution is 6.32. The van der Waals surface area contributed by atoms with Gasteiger partial charge in [0.25, 0.3) is 5.91 Å². The molecule has 0 saturated heterocycles. The number of benzene rings is 2. The average molecular weight is 350 g/mol. The normalized spacial score (nSPS) is 10.2. The molecule has 0 unspecified atom stereocenters.